The van der Waals surface area contributed by atoms with Crippen molar-refractivity contribution in [1.29, 1.82) is 0 Å². The maximum atomic E-state index is 11.0. The number of esters is 1. The molecule has 1 aromatic carbocycles. The first-order chi connectivity index (χ1) is 9.24. The molecule has 1 aliphatic heterocycles. The largest absolute Gasteiger partial charge is 0.482 e. The third-order valence-electron chi connectivity index (χ3n) is 2.69. The minimum Gasteiger partial charge on any atom is -0.482 e. The Labute approximate surface area is 113 Å². The number of fused-ring (bicyclic) bond motifs is 1. The lowest BCUT2D eigenvalue weighted by atomic mass is 10.1. The van der Waals surface area contributed by atoms with Crippen LogP contribution in [0.4, 0.5) is 0 Å². The summed E-state index contributed by atoms with van der Waals surface area (Å²) in [5.74, 6) is 0.213. The summed E-state index contributed by atoms with van der Waals surface area (Å²) in [5, 5.41) is 0. The first-order valence-electron chi connectivity index (χ1n) is 6.24. The minimum atomic E-state index is -0.423. The molecule has 5 heteroatoms. The van der Waals surface area contributed by atoms with Gasteiger partial charge in [0.25, 0.3) is 0 Å². The van der Waals surface area contributed by atoms with Crippen molar-refractivity contribution in [3.63, 3.8) is 0 Å². The van der Waals surface area contributed by atoms with E-state index in [1.165, 1.54) is 7.11 Å². The molecule has 1 aliphatic rings. The van der Waals surface area contributed by atoms with Crippen LogP contribution in [0.1, 0.15) is 25.0 Å². The summed E-state index contributed by atoms with van der Waals surface area (Å²) >= 11 is 0. The van der Waals surface area contributed by atoms with Gasteiger partial charge in [0.15, 0.2) is 6.61 Å². The van der Waals surface area contributed by atoms with Crippen molar-refractivity contribution in [2.45, 2.75) is 26.9 Å². The number of nitrogens with zero attached hydrogens (tertiary/aromatic N) is 1. The molecule has 0 bridgehead atoms. The fourth-order valence-corrected chi connectivity index (χ4v) is 1.82. The van der Waals surface area contributed by atoms with E-state index in [1.54, 1.807) is 11.0 Å². The van der Waals surface area contributed by atoms with Gasteiger partial charge in [-0.25, -0.2) is 4.79 Å². The quantitative estimate of drug-likeness (QED) is 0.614. The van der Waals surface area contributed by atoms with E-state index in [-0.39, 0.29) is 6.61 Å². The Morgan fingerprint density at radius 2 is 2.11 bits per heavy atom. The molecule has 104 valence electrons. The number of ether oxygens (including phenoxy) is 2. The smallest absolute Gasteiger partial charge is 0.343 e. The molecule has 0 saturated carbocycles. The van der Waals surface area contributed by atoms with E-state index in [0.29, 0.717) is 18.8 Å². The zero-order valence-corrected chi connectivity index (χ0v) is 11.5. The van der Waals surface area contributed by atoms with Gasteiger partial charge in [-0.1, -0.05) is 26.0 Å². The average molecular weight is 265 g/mol. The molecule has 0 radical (unpaired) electrons. The summed E-state index contributed by atoms with van der Waals surface area (Å²) in [5.41, 5.74) is 2.02. The van der Waals surface area contributed by atoms with Gasteiger partial charge in [0, 0.05) is 18.7 Å². The van der Waals surface area contributed by atoms with Crippen LogP contribution in [0.15, 0.2) is 18.2 Å². The number of carbonyl (C=O) groups excluding carboxylic acids is 2. The van der Waals surface area contributed by atoms with Crippen LogP contribution in [0.5, 0.6) is 5.75 Å². The molecule has 0 fully saturated rings. The third-order valence-corrected chi connectivity index (χ3v) is 2.69. The molecule has 1 amide bonds. The fraction of sp³-hybridized carbons (Fsp3) is 0.429. The molecule has 0 aromatic heterocycles. The monoisotopic (exact) mass is 265 g/mol. The normalized spacial score (nSPS) is 12.1. The predicted molar refractivity (Wildman–Crippen MR) is 70.6 cm³/mol. The molecule has 2 rings (SSSR count). The van der Waals surface area contributed by atoms with Gasteiger partial charge < -0.3 is 14.4 Å². The molecule has 0 saturated heterocycles. The zero-order chi connectivity index (χ0) is 14.3. The molecule has 0 spiro atoms. The van der Waals surface area contributed by atoms with E-state index in [9.17, 15) is 9.59 Å². The lowest BCUT2D eigenvalue weighted by molar-refractivity contribution is -0.142. The summed E-state index contributed by atoms with van der Waals surface area (Å²) < 4.78 is 9.88. The van der Waals surface area contributed by atoms with Gasteiger partial charge >= 0.3 is 5.97 Å². The zero-order valence-electron chi connectivity index (χ0n) is 11.5. The Morgan fingerprint density at radius 3 is 2.74 bits per heavy atom. The molecular formula is C14H19NO4. The van der Waals surface area contributed by atoms with Crippen molar-refractivity contribution in [3.8, 4) is 5.75 Å². The molecule has 5 nitrogen and oxygen atoms in total. The average Bonchev–Trinajstić information content (AvgIpc) is 2.90. The van der Waals surface area contributed by atoms with E-state index in [2.05, 4.69) is 4.74 Å². The standard InChI is InChI=1S/C12H13NO4.C2H6/c1-16-12(15)7-17-11-4-2-3-9-5-13(8-14)6-10(9)11;1-2/h2-4,8H,5-7H2,1H3;1-2H3. The second-order valence-corrected chi connectivity index (χ2v) is 3.77. The highest BCUT2D eigenvalue weighted by Crippen LogP contribution is 2.29. The van der Waals surface area contributed by atoms with Crippen LogP contribution in [0.3, 0.4) is 0 Å². The lowest BCUT2D eigenvalue weighted by Crippen LogP contribution is -2.14. The van der Waals surface area contributed by atoms with E-state index in [1.807, 2.05) is 26.0 Å². The number of benzene rings is 1. The summed E-state index contributed by atoms with van der Waals surface area (Å²) in [6.07, 6.45) is 0.810. The van der Waals surface area contributed by atoms with Gasteiger partial charge in [0.2, 0.25) is 6.41 Å². The lowest BCUT2D eigenvalue weighted by Gasteiger charge is -2.09. The van der Waals surface area contributed by atoms with Crippen LogP contribution < -0.4 is 4.74 Å². The highest BCUT2D eigenvalue weighted by Gasteiger charge is 2.21. The second kappa shape index (κ2) is 7.41. The molecule has 1 aromatic rings. The summed E-state index contributed by atoms with van der Waals surface area (Å²) in [6.45, 7) is 5.00. The molecule has 0 unspecified atom stereocenters. The van der Waals surface area contributed by atoms with Crippen molar-refractivity contribution in [2.75, 3.05) is 13.7 Å². The van der Waals surface area contributed by atoms with E-state index in [4.69, 9.17) is 4.74 Å². The van der Waals surface area contributed by atoms with E-state index in [0.717, 1.165) is 17.5 Å². The molecule has 0 N–H and O–H groups in total. The Balaban J connectivity index is 0.000000861. The van der Waals surface area contributed by atoms with E-state index < -0.39 is 5.97 Å². The number of carbonyl (C=O) groups is 2. The maximum absolute atomic E-state index is 11.0. The first kappa shape index (κ1) is 15.0. The van der Waals surface area contributed by atoms with Crippen LogP contribution in [0.2, 0.25) is 0 Å². The number of methoxy groups -OCH3 is 1. The molecular weight excluding hydrogens is 246 g/mol. The van der Waals surface area contributed by atoms with Crippen molar-refractivity contribution < 1.29 is 19.1 Å². The van der Waals surface area contributed by atoms with Crippen LogP contribution in [0, 0.1) is 0 Å². The summed E-state index contributed by atoms with van der Waals surface area (Å²) in [7, 11) is 1.31. The van der Waals surface area contributed by atoms with Crippen molar-refractivity contribution in [2.24, 2.45) is 0 Å². The highest BCUT2D eigenvalue weighted by molar-refractivity contribution is 5.71. The van der Waals surface area contributed by atoms with E-state index >= 15 is 0 Å². The second-order valence-electron chi connectivity index (χ2n) is 3.77. The molecule has 0 aliphatic carbocycles. The van der Waals surface area contributed by atoms with Crippen molar-refractivity contribution >= 4 is 12.4 Å². The topological polar surface area (TPSA) is 55.8 Å². The fourth-order valence-electron chi connectivity index (χ4n) is 1.82. The molecule has 19 heavy (non-hydrogen) atoms. The Kier molecular flexibility index (Phi) is 5.85. The highest BCUT2D eigenvalue weighted by atomic mass is 16.6. The van der Waals surface area contributed by atoms with Gasteiger partial charge in [-0.15, -0.1) is 0 Å². The predicted octanol–water partition coefficient (Wildman–Crippen LogP) is 1.74. The van der Waals surface area contributed by atoms with Gasteiger partial charge in [0.05, 0.1) is 7.11 Å². The number of hydrogen-bond donors (Lipinski definition) is 0. The Bertz CT molecular complexity index is 445. The summed E-state index contributed by atoms with van der Waals surface area (Å²) in [6, 6.07) is 5.58. The minimum absolute atomic E-state index is 0.117. The molecule has 1 heterocycles. The number of amides is 1. The SMILES string of the molecule is CC.COC(=O)COc1cccc2c1CN(C=O)C2. The molecule has 0 atom stereocenters. The summed E-state index contributed by atoms with van der Waals surface area (Å²) in [4.78, 5) is 23.4. The van der Waals surface area contributed by atoms with Crippen LogP contribution in [0.25, 0.3) is 0 Å². The van der Waals surface area contributed by atoms with Crippen molar-refractivity contribution in [1.82, 2.24) is 4.90 Å². The van der Waals surface area contributed by atoms with Gasteiger partial charge in [0.1, 0.15) is 5.75 Å². The van der Waals surface area contributed by atoms with Crippen molar-refractivity contribution in [3.05, 3.63) is 29.3 Å². The number of rotatable bonds is 4. The number of hydrogen-bond acceptors (Lipinski definition) is 4. The van der Waals surface area contributed by atoms with Crippen LogP contribution >= 0.6 is 0 Å². The van der Waals surface area contributed by atoms with Gasteiger partial charge in [-0.3, -0.25) is 4.79 Å². The van der Waals surface area contributed by atoms with Gasteiger partial charge in [-0.2, -0.15) is 0 Å². The Hall–Kier alpha value is -2.04. The van der Waals surface area contributed by atoms with Crippen LogP contribution in [-0.4, -0.2) is 31.0 Å². The van der Waals surface area contributed by atoms with Gasteiger partial charge in [-0.05, 0) is 11.6 Å². The maximum Gasteiger partial charge on any atom is 0.343 e. The Morgan fingerprint density at radius 1 is 1.37 bits per heavy atom. The first-order valence-corrected chi connectivity index (χ1v) is 6.24. The van der Waals surface area contributed by atoms with Crippen LogP contribution in [-0.2, 0) is 27.4 Å². The third kappa shape index (κ3) is 3.71.